The minimum absolute atomic E-state index is 0.145. The van der Waals surface area contributed by atoms with E-state index in [1.165, 1.54) is 4.90 Å². The summed E-state index contributed by atoms with van der Waals surface area (Å²) in [5.74, 6) is -0.350. The van der Waals surface area contributed by atoms with Crippen LogP contribution < -0.4 is 10.1 Å². The fourth-order valence-electron chi connectivity index (χ4n) is 2.81. The number of rotatable bonds is 7. The number of ether oxygens (including phenoxy) is 1. The van der Waals surface area contributed by atoms with E-state index in [-0.39, 0.29) is 25.5 Å². The van der Waals surface area contributed by atoms with Gasteiger partial charge in [0.1, 0.15) is 12.2 Å². The molecule has 1 aromatic rings. The van der Waals surface area contributed by atoms with E-state index in [9.17, 15) is 22.8 Å². The number of benzene rings is 1. The molecule has 1 N–H and O–H groups in total. The molecule has 0 aliphatic carbocycles. The van der Waals surface area contributed by atoms with Crippen LogP contribution in [-0.4, -0.2) is 67.1 Å². The highest BCUT2D eigenvalue weighted by Gasteiger charge is 2.34. The van der Waals surface area contributed by atoms with Gasteiger partial charge in [-0.05, 0) is 24.6 Å². The quantitative estimate of drug-likeness (QED) is 0.775. The van der Waals surface area contributed by atoms with Crippen molar-refractivity contribution in [1.82, 2.24) is 15.1 Å². The summed E-state index contributed by atoms with van der Waals surface area (Å²) in [4.78, 5) is 26.7. The first-order valence-corrected chi connectivity index (χ1v) is 8.82. The second kappa shape index (κ2) is 9.59. The molecular formula is C18H24F3N3O3. The highest BCUT2D eigenvalue weighted by atomic mass is 19.4. The highest BCUT2D eigenvalue weighted by Crippen LogP contribution is 2.21. The number of amides is 2. The first-order chi connectivity index (χ1) is 12.8. The van der Waals surface area contributed by atoms with Gasteiger partial charge in [-0.2, -0.15) is 13.2 Å². The summed E-state index contributed by atoms with van der Waals surface area (Å²) in [5.41, 5.74) is 0.914. The van der Waals surface area contributed by atoms with Crippen LogP contribution >= 0.6 is 0 Å². The van der Waals surface area contributed by atoms with Crippen molar-refractivity contribution in [1.29, 1.82) is 0 Å². The maximum atomic E-state index is 12.3. The summed E-state index contributed by atoms with van der Waals surface area (Å²) in [6, 6.07) is 7.43. The van der Waals surface area contributed by atoms with Gasteiger partial charge in [-0.1, -0.05) is 12.1 Å². The predicted molar refractivity (Wildman–Crippen MR) is 93.1 cm³/mol. The second-order valence-electron chi connectivity index (χ2n) is 6.31. The molecule has 0 radical (unpaired) electrons. The molecule has 1 aromatic carbocycles. The zero-order valence-electron chi connectivity index (χ0n) is 15.2. The lowest BCUT2D eigenvalue weighted by Crippen LogP contribution is -2.51. The van der Waals surface area contributed by atoms with E-state index in [1.807, 2.05) is 36.1 Å². The van der Waals surface area contributed by atoms with Crippen molar-refractivity contribution >= 4 is 11.8 Å². The van der Waals surface area contributed by atoms with Gasteiger partial charge in [0.15, 0.2) is 0 Å². The monoisotopic (exact) mass is 387 g/mol. The predicted octanol–water partition coefficient (Wildman–Crippen LogP) is 1.80. The molecule has 6 nitrogen and oxygen atoms in total. The summed E-state index contributed by atoms with van der Waals surface area (Å²) in [6.07, 6.45) is -5.93. The molecular weight excluding hydrogens is 363 g/mol. The number of carbonyl (C=O) groups is 2. The zero-order chi connectivity index (χ0) is 19.9. The fraction of sp³-hybridized carbons (Fsp3) is 0.556. The van der Waals surface area contributed by atoms with Crippen LogP contribution in [0.2, 0.25) is 0 Å². The van der Waals surface area contributed by atoms with E-state index < -0.39 is 18.5 Å². The first kappa shape index (κ1) is 21.0. The molecule has 1 aliphatic rings. The Hall–Kier alpha value is -2.29. The highest BCUT2D eigenvalue weighted by molar-refractivity contribution is 5.78. The number of alkyl halides is 3. The first-order valence-electron chi connectivity index (χ1n) is 8.82. The standard InChI is InChI=1S/C18H24F3N3O3/c1-2-27-15-5-3-4-14(10-15)12-22-16(25)13-23-6-8-24(9-7-23)17(26)11-18(19,20)21/h3-5,10H,2,6-9,11-13H2,1H3,(H,22,25). The molecule has 0 unspecified atom stereocenters. The third kappa shape index (κ3) is 7.46. The molecule has 27 heavy (non-hydrogen) atoms. The van der Waals surface area contributed by atoms with Crippen LogP contribution in [0.25, 0.3) is 0 Å². The van der Waals surface area contributed by atoms with Crippen LogP contribution in [0.5, 0.6) is 5.75 Å². The largest absolute Gasteiger partial charge is 0.494 e. The molecule has 2 rings (SSSR count). The molecule has 9 heteroatoms. The van der Waals surface area contributed by atoms with Crippen molar-refractivity contribution in [2.75, 3.05) is 39.3 Å². The summed E-state index contributed by atoms with van der Waals surface area (Å²) in [5, 5.41) is 2.82. The van der Waals surface area contributed by atoms with Gasteiger partial charge in [0.25, 0.3) is 0 Å². The average molecular weight is 387 g/mol. The van der Waals surface area contributed by atoms with Crippen molar-refractivity contribution in [3.05, 3.63) is 29.8 Å². The Kier molecular flexibility index (Phi) is 7.46. The Bertz CT molecular complexity index is 644. The fourth-order valence-corrected chi connectivity index (χ4v) is 2.81. The maximum absolute atomic E-state index is 12.3. The van der Waals surface area contributed by atoms with Crippen LogP contribution in [0, 0.1) is 0 Å². The molecule has 2 amide bonds. The SMILES string of the molecule is CCOc1cccc(CNC(=O)CN2CCN(C(=O)CC(F)(F)F)CC2)c1. The number of carbonyl (C=O) groups excluding carboxylic acids is 2. The third-order valence-electron chi connectivity index (χ3n) is 4.14. The van der Waals surface area contributed by atoms with Crippen LogP contribution in [0.1, 0.15) is 18.9 Å². The zero-order valence-corrected chi connectivity index (χ0v) is 15.2. The van der Waals surface area contributed by atoms with Gasteiger partial charge in [-0.25, -0.2) is 0 Å². The molecule has 1 aliphatic heterocycles. The smallest absolute Gasteiger partial charge is 0.397 e. The third-order valence-corrected chi connectivity index (χ3v) is 4.14. The molecule has 0 aromatic heterocycles. The Balaban J connectivity index is 1.71. The lowest BCUT2D eigenvalue weighted by atomic mass is 10.2. The van der Waals surface area contributed by atoms with Crippen LogP contribution in [-0.2, 0) is 16.1 Å². The number of hydrogen-bond acceptors (Lipinski definition) is 4. The molecule has 150 valence electrons. The summed E-state index contributed by atoms with van der Waals surface area (Å²) in [6.45, 7) is 4.10. The van der Waals surface area contributed by atoms with E-state index in [4.69, 9.17) is 4.74 Å². The number of piperazine rings is 1. The Morgan fingerprint density at radius 2 is 1.89 bits per heavy atom. The molecule has 1 saturated heterocycles. The van der Waals surface area contributed by atoms with Gasteiger partial charge in [0, 0.05) is 32.7 Å². The molecule has 0 saturated carbocycles. The van der Waals surface area contributed by atoms with Crippen molar-refractivity contribution in [2.45, 2.75) is 26.1 Å². The summed E-state index contributed by atoms with van der Waals surface area (Å²) < 4.78 is 42.3. The minimum atomic E-state index is -4.49. The summed E-state index contributed by atoms with van der Waals surface area (Å²) in [7, 11) is 0. The minimum Gasteiger partial charge on any atom is -0.494 e. The molecule has 0 spiro atoms. The summed E-state index contributed by atoms with van der Waals surface area (Å²) >= 11 is 0. The Morgan fingerprint density at radius 3 is 2.52 bits per heavy atom. The maximum Gasteiger partial charge on any atom is 0.397 e. The number of nitrogens with zero attached hydrogens (tertiary/aromatic N) is 2. The van der Waals surface area contributed by atoms with E-state index >= 15 is 0 Å². The van der Waals surface area contributed by atoms with Gasteiger partial charge < -0.3 is 15.0 Å². The van der Waals surface area contributed by atoms with E-state index in [0.717, 1.165) is 11.3 Å². The average Bonchev–Trinajstić information content (AvgIpc) is 2.60. The number of hydrogen-bond donors (Lipinski definition) is 1. The van der Waals surface area contributed by atoms with E-state index in [1.54, 1.807) is 0 Å². The van der Waals surface area contributed by atoms with E-state index in [2.05, 4.69) is 5.32 Å². The van der Waals surface area contributed by atoms with Crippen LogP contribution in [0.4, 0.5) is 13.2 Å². The normalized spacial score (nSPS) is 15.5. The van der Waals surface area contributed by atoms with Gasteiger partial charge in [0.05, 0.1) is 13.2 Å². The molecule has 1 fully saturated rings. The molecule has 0 atom stereocenters. The lowest BCUT2D eigenvalue weighted by Gasteiger charge is -2.34. The van der Waals surface area contributed by atoms with Crippen LogP contribution in [0.15, 0.2) is 24.3 Å². The Morgan fingerprint density at radius 1 is 1.19 bits per heavy atom. The second-order valence-corrected chi connectivity index (χ2v) is 6.31. The van der Waals surface area contributed by atoms with Gasteiger partial charge in [-0.3, -0.25) is 14.5 Å². The van der Waals surface area contributed by atoms with E-state index in [0.29, 0.717) is 26.2 Å². The number of halogens is 3. The Labute approximate surface area is 156 Å². The van der Waals surface area contributed by atoms with Gasteiger partial charge in [-0.15, -0.1) is 0 Å². The van der Waals surface area contributed by atoms with Crippen LogP contribution in [0.3, 0.4) is 0 Å². The van der Waals surface area contributed by atoms with Crippen molar-refractivity contribution in [2.24, 2.45) is 0 Å². The number of nitrogens with one attached hydrogen (secondary N) is 1. The van der Waals surface area contributed by atoms with Crippen molar-refractivity contribution in [3.63, 3.8) is 0 Å². The lowest BCUT2D eigenvalue weighted by molar-refractivity contribution is -0.162. The van der Waals surface area contributed by atoms with Gasteiger partial charge in [0.2, 0.25) is 11.8 Å². The molecule has 1 heterocycles. The van der Waals surface area contributed by atoms with Crippen molar-refractivity contribution in [3.8, 4) is 5.75 Å². The topological polar surface area (TPSA) is 61.9 Å². The van der Waals surface area contributed by atoms with Crippen molar-refractivity contribution < 1.29 is 27.5 Å². The molecule has 0 bridgehead atoms. The van der Waals surface area contributed by atoms with Gasteiger partial charge >= 0.3 is 6.18 Å².